The molecule has 1 atom stereocenters. The number of allylic oxidation sites excluding steroid dienone is 1. The van der Waals surface area contributed by atoms with E-state index in [1.54, 1.807) is 0 Å². The number of hydrogen-bond acceptors (Lipinski definition) is 1. The Bertz CT molecular complexity index is 127. The normalized spacial score (nSPS) is 33.8. The maximum absolute atomic E-state index is 9.34. The first-order valence-electron chi connectivity index (χ1n) is 4.13. The molecule has 1 aliphatic rings. The topological polar surface area (TPSA) is 20.2 Å². The average Bonchev–Trinajstić information content (AvgIpc) is 1.83. The first-order chi connectivity index (χ1) is 4.79. The van der Waals surface area contributed by atoms with Gasteiger partial charge in [-0.15, -0.1) is 0 Å². The SMILES string of the molecule is C/C1=C/CCCCC(O)C1. The van der Waals surface area contributed by atoms with Crippen LogP contribution in [0.3, 0.4) is 0 Å². The largest absolute Gasteiger partial charge is 0.393 e. The molecule has 10 heavy (non-hydrogen) atoms. The van der Waals surface area contributed by atoms with Crippen LogP contribution < -0.4 is 0 Å². The zero-order valence-corrected chi connectivity index (χ0v) is 6.64. The molecule has 0 heterocycles. The Hall–Kier alpha value is -0.300. The van der Waals surface area contributed by atoms with Crippen molar-refractivity contribution in [3.8, 4) is 0 Å². The highest BCUT2D eigenvalue weighted by Gasteiger charge is 2.06. The zero-order valence-electron chi connectivity index (χ0n) is 6.64. The van der Waals surface area contributed by atoms with Gasteiger partial charge in [-0.2, -0.15) is 0 Å². The number of hydrogen-bond donors (Lipinski definition) is 1. The smallest absolute Gasteiger partial charge is 0.0577 e. The van der Waals surface area contributed by atoms with Gasteiger partial charge in [-0.3, -0.25) is 0 Å². The van der Waals surface area contributed by atoms with Crippen molar-refractivity contribution in [2.75, 3.05) is 0 Å². The lowest BCUT2D eigenvalue weighted by molar-refractivity contribution is 0.159. The van der Waals surface area contributed by atoms with E-state index in [1.165, 1.54) is 24.8 Å². The first kappa shape index (κ1) is 7.80. The Kier molecular flexibility index (Phi) is 2.94. The highest BCUT2D eigenvalue weighted by atomic mass is 16.3. The number of aliphatic hydroxyl groups excluding tert-OH is 1. The second-order valence-corrected chi connectivity index (χ2v) is 3.19. The lowest BCUT2D eigenvalue weighted by Crippen LogP contribution is -2.08. The van der Waals surface area contributed by atoms with Crippen LogP contribution in [-0.2, 0) is 0 Å². The Labute approximate surface area is 62.8 Å². The minimum atomic E-state index is -0.0726. The van der Waals surface area contributed by atoms with Gasteiger partial charge in [0, 0.05) is 0 Å². The van der Waals surface area contributed by atoms with E-state index in [4.69, 9.17) is 0 Å². The van der Waals surface area contributed by atoms with Gasteiger partial charge >= 0.3 is 0 Å². The molecule has 0 saturated heterocycles. The van der Waals surface area contributed by atoms with E-state index in [2.05, 4.69) is 13.0 Å². The van der Waals surface area contributed by atoms with Crippen molar-refractivity contribution in [2.45, 2.75) is 45.1 Å². The third-order valence-electron chi connectivity index (χ3n) is 2.04. The van der Waals surface area contributed by atoms with E-state index in [1.807, 2.05) is 0 Å². The Morgan fingerprint density at radius 1 is 1.50 bits per heavy atom. The summed E-state index contributed by atoms with van der Waals surface area (Å²) in [6.45, 7) is 2.11. The van der Waals surface area contributed by atoms with Crippen molar-refractivity contribution in [1.82, 2.24) is 0 Å². The summed E-state index contributed by atoms with van der Waals surface area (Å²) in [6.07, 6.45) is 7.70. The van der Waals surface area contributed by atoms with E-state index in [0.29, 0.717) is 0 Å². The fourth-order valence-electron chi connectivity index (χ4n) is 1.43. The number of aliphatic hydroxyl groups is 1. The summed E-state index contributed by atoms with van der Waals surface area (Å²) in [5.74, 6) is 0. The summed E-state index contributed by atoms with van der Waals surface area (Å²) < 4.78 is 0. The maximum atomic E-state index is 9.34. The number of rotatable bonds is 0. The fourth-order valence-corrected chi connectivity index (χ4v) is 1.43. The van der Waals surface area contributed by atoms with Crippen molar-refractivity contribution in [2.24, 2.45) is 0 Å². The molecule has 0 spiro atoms. The van der Waals surface area contributed by atoms with Crippen LogP contribution in [0.5, 0.6) is 0 Å². The minimum absolute atomic E-state index is 0.0726. The van der Waals surface area contributed by atoms with Crippen molar-refractivity contribution in [3.05, 3.63) is 11.6 Å². The zero-order chi connectivity index (χ0) is 7.40. The fraction of sp³-hybridized carbons (Fsp3) is 0.778. The average molecular weight is 140 g/mol. The van der Waals surface area contributed by atoms with Gasteiger partial charge in [0.15, 0.2) is 0 Å². The van der Waals surface area contributed by atoms with Gasteiger partial charge in [0.25, 0.3) is 0 Å². The Morgan fingerprint density at radius 3 is 3.10 bits per heavy atom. The molecule has 1 N–H and O–H groups in total. The van der Waals surface area contributed by atoms with Crippen molar-refractivity contribution < 1.29 is 5.11 Å². The molecular formula is C9H16O. The predicted octanol–water partition coefficient (Wildman–Crippen LogP) is 2.26. The van der Waals surface area contributed by atoms with Gasteiger partial charge in [0.05, 0.1) is 6.10 Å². The molecule has 0 amide bonds. The molecule has 0 aromatic rings. The van der Waals surface area contributed by atoms with Crippen molar-refractivity contribution in [1.29, 1.82) is 0 Å². The molecule has 0 aromatic heterocycles. The van der Waals surface area contributed by atoms with E-state index in [0.717, 1.165) is 12.8 Å². The summed E-state index contributed by atoms with van der Waals surface area (Å²) in [6, 6.07) is 0. The second kappa shape index (κ2) is 3.77. The van der Waals surface area contributed by atoms with Crippen LogP contribution in [0.1, 0.15) is 39.0 Å². The second-order valence-electron chi connectivity index (χ2n) is 3.19. The van der Waals surface area contributed by atoms with Gasteiger partial charge < -0.3 is 5.11 Å². The van der Waals surface area contributed by atoms with Crippen molar-refractivity contribution in [3.63, 3.8) is 0 Å². The summed E-state index contributed by atoms with van der Waals surface area (Å²) in [4.78, 5) is 0. The van der Waals surface area contributed by atoms with E-state index < -0.39 is 0 Å². The highest BCUT2D eigenvalue weighted by molar-refractivity contribution is 5.00. The summed E-state index contributed by atoms with van der Waals surface area (Å²) >= 11 is 0. The van der Waals surface area contributed by atoms with E-state index in [9.17, 15) is 5.11 Å². The first-order valence-corrected chi connectivity index (χ1v) is 4.13. The molecule has 1 heteroatoms. The van der Waals surface area contributed by atoms with Crippen LogP contribution in [0.25, 0.3) is 0 Å². The molecule has 0 radical (unpaired) electrons. The third kappa shape index (κ3) is 2.53. The third-order valence-corrected chi connectivity index (χ3v) is 2.04. The molecule has 58 valence electrons. The summed E-state index contributed by atoms with van der Waals surface area (Å²) in [5.41, 5.74) is 1.35. The monoisotopic (exact) mass is 140 g/mol. The lowest BCUT2D eigenvalue weighted by Gasteiger charge is -2.13. The molecule has 1 nitrogen and oxygen atoms in total. The van der Waals surface area contributed by atoms with Crippen LogP contribution >= 0.6 is 0 Å². The van der Waals surface area contributed by atoms with Crippen molar-refractivity contribution >= 4 is 0 Å². The van der Waals surface area contributed by atoms with Crippen LogP contribution in [0, 0.1) is 0 Å². The maximum Gasteiger partial charge on any atom is 0.0577 e. The van der Waals surface area contributed by atoms with Gasteiger partial charge in [0.1, 0.15) is 0 Å². The lowest BCUT2D eigenvalue weighted by atomic mass is 9.99. The highest BCUT2D eigenvalue weighted by Crippen LogP contribution is 2.16. The molecule has 0 aliphatic heterocycles. The standard InChI is InChI=1S/C9H16O/c1-8-5-3-2-4-6-9(10)7-8/h5,9-10H,2-4,6-7H2,1H3/b8-5-. The summed E-state index contributed by atoms with van der Waals surface area (Å²) in [7, 11) is 0. The molecule has 0 bridgehead atoms. The Morgan fingerprint density at radius 2 is 2.30 bits per heavy atom. The van der Waals surface area contributed by atoms with Crippen LogP contribution in [0.15, 0.2) is 11.6 Å². The molecule has 1 unspecified atom stereocenters. The van der Waals surface area contributed by atoms with Crippen LogP contribution in [0.4, 0.5) is 0 Å². The van der Waals surface area contributed by atoms with Crippen LogP contribution in [0.2, 0.25) is 0 Å². The van der Waals surface area contributed by atoms with Gasteiger partial charge in [-0.25, -0.2) is 0 Å². The predicted molar refractivity (Wildman–Crippen MR) is 42.8 cm³/mol. The van der Waals surface area contributed by atoms with Gasteiger partial charge in [-0.05, 0) is 32.6 Å². The molecule has 0 saturated carbocycles. The molecule has 1 aliphatic carbocycles. The van der Waals surface area contributed by atoms with Gasteiger partial charge in [-0.1, -0.05) is 18.1 Å². The molecule has 1 rings (SSSR count). The van der Waals surface area contributed by atoms with Gasteiger partial charge in [0.2, 0.25) is 0 Å². The van der Waals surface area contributed by atoms with E-state index >= 15 is 0 Å². The van der Waals surface area contributed by atoms with E-state index in [-0.39, 0.29) is 6.10 Å². The molecular weight excluding hydrogens is 124 g/mol. The minimum Gasteiger partial charge on any atom is -0.393 e. The Balaban J connectivity index is 2.43. The molecule has 0 fully saturated rings. The molecule has 0 aromatic carbocycles. The quantitative estimate of drug-likeness (QED) is 0.512. The van der Waals surface area contributed by atoms with Crippen LogP contribution in [-0.4, -0.2) is 11.2 Å². The summed E-state index contributed by atoms with van der Waals surface area (Å²) in [5, 5.41) is 9.34.